The highest BCUT2D eigenvalue weighted by Gasteiger charge is 2.15. The van der Waals surface area contributed by atoms with Crippen LogP contribution >= 0.6 is 24.0 Å². The number of guanidine groups is 1. The van der Waals surface area contributed by atoms with Gasteiger partial charge in [0, 0.05) is 32.6 Å². The zero-order valence-corrected chi connectivity index (χ0v) is 20.9. The Labute approximate surface area is 198 Å². The number of likely N-dealkylation sites (tertiary alicyclic amines) is 1. The highest BCUT2D eigenvalue weighted by atomic mass is 127. The molecule has 1 heterocycles. The van der Waals surface area contributed by atoms with Gasteiger partial charge in [0.1, 0.15) is 0 Å². The Morgan fingerprint density at radius 3 is 2.73 bits per heavy atom. The zero-order chi connectivity index (χ0) is 20.9. The smallest absolute Gasteiger partial charge is 0.222 e. The van der Waals surface area contributed by atoms with E-state index < -0.39 is 0 Å². The summed E-state index contributed by atoms with van der Waals surface area (Å²) in [6.45, 7) is 8.42. The van der Waals surface area contributed by atoms with Crippen molar-refractivity contribution in [3.05, 3.63) is 23.8 Å². The number of nitrogens with zero attached hydrogens (tertiary/aromatic N) is 2. The first-order chi connectivity index (χ1) is 14.2. The molecule has 0 spiro atoms. The van der Waals surface area contributed by atoms with Gasteiger partial charge in [-0.25, -0.2) is 4.99 Å². The molecule has 1 amide bonds. The SMILES string of the molecule is CCNC(=NCc1ccc(OC)c(OCC)c1)NCCCN1CCCCCC1=O.I. The number of benzene rings is 1. The molecule has 1 fully saturated rings. The average molecular weight is 532 g/mol. The molecule has 7 nitrogen and oxygen atoms in total. The lowest BCUT2D eigenvalue weighted by Crippen LogP contribution is -2.39. The first-order valence-electron chi connectivity index (χ1n) is 10.8. The summed E-state index contributed by atoms with van der Waals surface area (Å²) in [6.07, 6.45) is 4.92. The number of rotatable bonds is 10. The van der Waals surface area contributed by atoms with Crippen LogP contribution in [-0.2, 0) is 11.3 Å². The Hall–Kier alpha value is -1.71. The van der Waals surface area contributed by atoms with E-state index in [2.05, 4.69) is 15.6 Å². The van der Waals surface area contributed by atoms with Crippen LogP contribution < -0.4 is 20.1 Å². The summed E-state index contributed by atoms with van der Waals surface area (Å²) < 4.78 is 11.0. The number of carbonyl (C=O) groups excluding carboxylic acids is 1. The number of ether oxygens (including phenoxy) is 2. The van der Waals surface area contributed by atoms with Gasteiger partial charge in [-0.05, 0) is 50.8 Å². The predicted molar refractivity (Wildman–Crippen MR) is 132 cm³/mol. The van der Waals surface area contributed by atoms with Gasteiger partial charge in [-0.1, -0.05) is 12.5 Å². The molecule has 0 aliphatic carbocycles. The molecule has 1 aromatic rings. The monoisotopic (exact) mass is 532 g/mol. The van der Waals surface area contributed by atoms with Crippen molar-refractivity contribution in [2.24, 2.45) is 4.99 Å². The van der Waals surface area contributed by atoms with Gasteiger partial charge in [0.15, 0.2) is 17.5 Å². The Balaban J connectivity index is 0.00000450. The molecule has 1 saturated heterocycles. The second-order valence-electron chi connectivity index (χ2n) is 7.09. The first-order valence-corrected chi connectivity index (χ1v) is 10.8. The Morgan fingerprint density at radius 2 is 2.00 bits per heavy atom. The third kappa shape index (κ3) is 8.97. The maximum absolute atomic E-state index is 12.1. The molecular formula is C22H37IN4O3. The maximum atomic E-state index is 12.1. The fourth-order valence-corrected chi connectivity index (χ4v) is 3.35. The van der Waals surface area contributed by atoms with Gasteiger partial charge < -0.3 is 25.0 Å². The second kappa shape index (κ2) is 15.1. The molecule has 0 unspecified atom stereocenters. The van der Waals surface area contributed by atoms with E-state index in [1.807, 2.05) is 36.9 Å². The number of hydrogen-bond acceptors (Lipinski definition) is 4. The summed E-state index contributed by atoms with van der Waals surface area (Å²) in [5.74, 6) is 2.55. The van der Waals surface area contributed by atoms with E-state index in [4.69, 9.17) is 9.47 Å². The molecule has 0 saturated carbocycles. The lowest BCUT2D eigenvalue weighted by molar-refractivity contribution is -0.130. The molecule has 170 valence electrons. The molecule has 0 atom stereocenters. The van der Waals surface area contributed by atoms with Crippen LogP contribution in [0.15, 0.2) is 23.2 Å². The van der Waals surface area contributed by atoms with E-state index in [0.717, 1.165) is 74.9 Å². The molecule has 1 aliphatic heterocycles. The van der Waals surface area contributed by atoms with E-state index in [9.17, 15) is 4.79 Å². The molecule has 1 aromatic carbocycles. The number of halogens is 1. The van der Waals surface area contributed by atoms with Gasteiger partial charge in [-0.2, -0.15) is 0 Å². The molecule has 2 rings (SSSR count). The topological polar surface area (TPSA) is 75.2 Å². The van der Waals surface area contributed by atoms with E-state index in [-0.39, 0.29) is 24.0 Å². The molecule has 0 radical (unpaired) electrons. The number of nitrogens with one attached hydrogen (secondary N) is 2. The van der Waals surface area contributed by atoms with Crippen molar-refractivity contribution >= 4 is 35.8 Å². The lowest BCUT2D eigenvalue weighted by atomic mass is 10.2. The van der Waals surface area contributed by atoms with Crippen LogP contribution in [0.1, 0.15) is 51.5 Å². The number of amides is 1. The Kier molecular flexibility index (Phi) is 13.3. The lowest BCUT2D eigenvalue weighted by Gasteiger charge is -2.20. The Bertz CT molecular complexity index is 670. The van der Waals surface area contributed by atoms with Crippen molar-refractivity contribution in [3.8, 4) is 11.5 Å². The van der Waals surface area contributed by atoms with E-state index in [0.29, 0.717) is 25.5 Å². The average Bonchev–Trinajstić information content (AvgIpc) is 2.93. The van der Waals surface area contributed by atoms with Crippen molar-refractivity contribution in [1.82, 2.24) is 15.5 Å². The number of hydrogen-bond donors (Lipinski definition) is 2. The second-order valence-corrected chi connectivity index (χ2v) is 7.09. The van der Waals surface area contributed by atoms with Crippen molar-refractivity contribution in [1.29, 1.82) is 0 Å². The molecule has 8 heteroatoms. The van der Waals surface area contributed by atoms with Gasteiger partial charge in [0.2, 0.25) is 5.91 Å². The molecular weight excluding hydrogens is 495 g/mol. The van der Waals surface area contributed by atoms with E-state index >= 15 is 0 Å². The largest absolute Gasteiger partial charge is 0.493 e. The predicted octanol–water partition coefficient (Wildman–Crippen LogP) is 3.56. The third-order valence-electron chi connectivity index (χ3n) is 4.86. The van der Waals surface area contributed by atoms with Crippen LogP contribution in [0.2, 0.25) is 0 Å². The van der Waals surface area contributed by atoms with E-state index in [1.165, 1.54) is 0 Å². The van der Waals surface area contributed by atoms with Gasteiger partial charge >= 0.3 is 0 Å². The quantitative estimate of drug-likeness (QED) is 0.209. The first kappa shape index (κ1) is 26.3. The minimum Gasteiger partial charge on any atom is -0.493 e. The maximum Gasteiger partial charge on any atom is 0.222 e. The molecule has 2 N–H and O–H groups in total. The zero-order valence-electron chi connectivity index (χ0n) is 18.5. The van der Waals surface area contributed by atoms with Gasteiger partial charge in [-0.3, -0.25) is 4.79 Å². The summed E-state index contributed by atoms with van der Waals surface area (Å²) in [4.78, 5) is 18.8. The molecule has 0 aromatic heterocycles. The molecule has 1 aliphatic rings. The van der Waals surface area contributed by atoms with Crippen LogP contribution in [-0.4, -0.2) is 56.7 Å². The fourth-order valence-electron chi connectivity index (χ4n) is 3.35. The van der Waals surface area contributed by atoms with Gasteiger partial charge in [0.05, 0.1) is 20.3 Å². The Morgan fingerprint density at radius 1 is 1.17 bits per heavy atom. The van der Waals surface area contributed by atoms with Crippen molar-refractivity contribution in [2.45, 2.75) is 52.5 Å². The summed E-state index contributed by atoms with van der Waals surface area (Å²) in [5, 5.41) is 6.64. The summed E-state index contributed by atoms with van der Waals surface area (Å²) >= 11 is 0. The molecule has 0 bridgehead atoms. The van der Waals surface area contributed by atoms with Crippen molar-refractivity contribution < 1.29 is 14.3 Å². The van der Waals surface area contributed by atoms with Crippen LogP contribution in [0.25, 0.3) is 0 Å². The highest BCUT2D eigenvalue weighted by Crippen LogP contribution is 2.28. The summed E-state index contributed by atoms with van der Waals surface area (Å²) in [5.41, 5.74) is 1.06. The highest BCUT2D eigenvalue weighted by molar-refractivity contribution is 14.0. The standard InChI is InChI=1S/C22H36N4O3.HI/c1-4-23-22(24-13-9-15-26-14-8-6-7-10-21(26)27)25-17-18-11-12-19(28-3)20(16-18)29-5-2;/h11-12,16H,4-10,13-15,17H2,1-3H3,(H2,23,24,25);1H. The molecule has 30 heavy (non-hydrogen) atoms. The van der Waals surface area contributed by atoms with Crippen molar-refractivity contribution in [2.75, 3.05) is 39.9 Å². The van der Waals surface area contributed by atoms with Crippen LogP contribution in [0, 0.1) is 0 Å². The number of aliphatic imine (C=N–C) groups is 1. The van der Waals surface area contributed by atoms with Gasteiger partial charge in [-0.15, -0.1) is 24.0 Å². The minimum absolute atomic E-state index is 0. The van der Waals surface area contributed by atoms with Crippen LogP contribution in [0.5, 0.6) is 11.5 Å². The minimum atomic E-state index is 0. The van der Waals surface area contributed by atoms with Gasteiger partial charge in [0.25, 0.3) is 0 Å². The normalized spacial score (nSPS) is 14.6. The number of methoxy groups -OCH3 is 1. The third-order valence-corrected chi connectivity index (χ3v) is 4.86. The summed E-state index contributed by atoms with van der Waals surface area (Å²) in [7, 11) is 1.64. The van der Waals surface area contributed by atoms with Crippen LogP contribution in [0.4, 0.5) is 0 Å². The fraction of sp³-hybridized carbons (Fsp3) is 0.636. The summed E-state index contributed by atoms with van der Waals surface area (Å²) in [6, 6.07) is 5.88. The van der Waals surface area contributed by atoms with Crippen molar-refractivity contribution in [3.63, 3.8) is 0 Å². The van der Waals surface area contributed by atoms with E-state index in [1.54, 1.807) is 7.11 Å². The van der Waals surface area contributed by atoms with Crippen LogP contribution in [0.3, 0.4) is 0 Å². The number of carbonyl (C=O) groups is 1.